The first kappa shape index (κ1) is 23.0. The molecule has 3 aromatic heterocycles. The van der Waals surface area contributed by atoms with E-state index in [0.717, 1.165) is 34.0 Å². The minimum Gasteiger partial charge on any atom is -0.456 e. The summed E-state index contributed by atoms with van der Waals surface area (Å²) in [6.07, 6.45) is 3.06. The van der Waals surface area contributed by atoms with E-state index < -0.39 is 5.41 Å². The molecule has 0 unspecified atom stereocenters. The molecule has 0 amide bonds. The summed E-state index contributed by atoms with van der Waals surface area (Å²) in [6, 6.07) is 29.6. The molecule has 2 aliphatic rings. The molecule has 0 spiro atoms. The molecule has 0 atom stereocenters. The van der Waals surface area contributed by atoms with E-state index >= 15 is 0 Å². The van der Waals surface area contributed by atoms with Crippen LogP contribution in [0.2, 0.25) is 0 Å². The Morgan fingerprint density at radius 3 is 2.15 bits per heavy atom. The lowest BCUT2D eigenvalue weighted by atomic mass is 9.86. The van der Waals surface area contributed by atoms with Crippen molar-refractivity contribution in [1.82, 2.24) is 9.97 Å². The van der Waals surface area contributed by atoms with E-state index in [4.69, 9.17) is 9.40 Å². The first-order valence-corrected chi connectivity index (χ1v) is 12.8. The number of fused-ring (bicyclic) bond motifs is 4. The Morgan fingerprint density at radius 1 is 0.795 bits per heavy atom. The van der Waals surface area contributed by atoms with Crippen molar-refractivity contribution in [2.75, 3.05) is 4.90 Å². The number of Topliss-reactive ketones (excluding diaryl/α,β-unsaturated/α-hetero) is 2. The van der Waals surface area contributed by atoms with Crippen LogP contribution in [0.25, 0.3) is 17.4 Å². The van der Waals surface area contributed by atoms with Gasteiger partial charge in [-0.25, -0.2) is 4.98 Å². The molecule has 0 N–H and O–H groups in total. The van der Waals surface area contributed by atoms with Gasteiger partial charge in [-0.15, -0.1) is 0 Å². The van der Waals surface area contributed by atoms with Gasteiger partial charge in [0.15, 0.2) is 5.78 Å². The number of hydrogen-bond acceptors (Lipinski definition) is 6. The third kappa shape index (κ3) is 3.49. The number of para-hydroxylation sites is 2. The Morgan fingerprint density at radius 2 is 1.49 bits per heavy atom. The van der Waals surface area contributed by atoms with Crippen LogP contribution in [0.15, 0.2) is 107 Å². The second kappa shape index (κ2) is 8.46. The topological polar surface area (TPSA) is 76.3 Å². The number of hydrogen-bond donors (Lipinski definition) is 0. The maximum absolute atomic E-state index is 12.9. The van der Waals surface area contributed by atoms with Gasteiger partial charge < -0.3 is 4.42 Å². The molecule has 0 aliphatic heterocycles. The van der Waals surface area contributed by atoms with Gasteiger partial charge in [-0.1, -0.05) is 36.4 Å². The standard InChI is InChI=1S/C33H23N3O3/c1-33(2)26-19-22(18-25-29(37)23-14-9-17-34-28(23)30(25)38)39-31(26)24-15-16-27(35-32(24)33)36(20-10-5-3-6-11-20)21-12-7-4-8-13-21/h3-19H,1-2H3/b25-18+. The summed E-state index contributed by atoms with van der Waals surface area (Å²) in [5, 5.41) is 0. The van der Waals surface area contributed by atoms with E-state index in [9.17, 15) is 9.59 Å². The average molecular weight is 510 g/mol. The predicted octanol–water partition coefficient (Wildman–Crippen LogP) is 7.31. The van der Waals surface area contributed by atoms with Crippen molar-refractivity contribution < 1.29 is 14.0 Å². The van der Waals surface area contributed by atoms with Gasteiger partial charge in [0.05, 0.1) is 16.8 Å². The lowest BCUT2D eigenvalue weighted by Gasteiger charge is -2.26. The number of aromatic nitrogens is 2. The smallest absolute Gasteiger partial charge is 0.216 e. The average Bonchev–Trinajstić information content (AvgIpc) is 3.56. The maximum Gasteiger partial charge on any atom is 0.216 e. The van der Waals surface area contributed by atoms with Gasteiger partial charge in [-0.3, -0.25) is 19.5 Å². The summed E-state index contributed by atoms with van der Waals surface area (Å²) >= 11 is 0. The Labute approximate surface area is 225 Å². The Balaban J connectivity index is 1.30. The van der Waals surface area contributed by atoms with Crippen molar-refractivity contribution in [1.29, 1.82) is 0 Å². The molecule has 5 aromatic rings. The fraction of sp³-hybridized carbons (Fsp3) is 0.0909. The molecular formula is C33H23N3O3. The number of anilines is 3. The zero-order valence-corrected chi connectivity index (χ0v) is 21.4. The first-order valence-electron chi connectivity index (χ1n) is 12.8. The van der Waals surface area contributed by atoms with Crippen molar-refractivity contribution in [3.05, 3.63) is 131 Å². The molecule has 0 saturated carbocycles. The number of ketones is 2. The number of benzene rings is 2. The molecule has 2 aromatic carbocycles. The van der Waals surface area contributed by atoms with Crippen LogP contribution in [0.1, 0.15) is 51.7 Å². The fourth-order valence-electron chi connectivity index (χ4n) is 5.49. The summed E-state index contributed by atoms with van der Waals surface area (Å²) < 4.78 is 6.26. The van der Waals surface area contributed by atoms with Crippen molar-refractivity contribution in [2.24, 2.45) is 0 Å². The van der Waals surface area contributed by atoms with Crippen LogP contribution in [0.4, 0.5) is 17.2 Å². The lowest BCUT2D eigenvalue weighted by Crippen LogP contribution is -2.19. The van der Waals surface area contributed by atoms with Crippen LogP contribution in [0, 0.1) is 0 Å². The van der Waals surface area contributed by atoms with Gasteiger partial charge in [0.1, 0.15) is 23.0 Å². The van der Waals surface area contributed by atoms with E-state index in [-0.39, 0.29) is 22.8 Å². The molecule has 0 radical (unpaired) electrons. The molecular weight excluding hydrogens is 486 g/mol. The Bertz CT molecular complexity index is 1740. The second-order valence-electron chi connectivity index (χ2n) is 10.2. The molecule has 7 rings (SSSR count). The highest BCUT2D eigenvalue weighted by molar-refractivity contribution is 6.40. The minimum absolute atomic E-state index is 0.0731. The van der Waals surface area contributed by atoms with Gasteiger partial charge in [-0.2, -0.15) is 0 Å². The SMILES string of the molecule is CC1(C)c2cc(/C=C3\C(=O)c4cccnc4C3=O)oc2-c2ccc(N(c3ccccc3)c3ccccc3)nc21. The van der Waals surface area contributed by atoms with Crippen molar-refractivity contribution in [3.8, 4) is 11.3 Å². The molecule has 3 heterocycles. The monoisotopic (exact) mass is 509 g/mol. The fourth-order valence-corrected chi connectivity index (χ4v) is 5.49. The summed E-state index contributed by atoms with van der Waals surface area (Å²) in [7, 11) is 0. The summed E-state index contributed by atoms with van der Waals surface area (Å²) in [5.74, 6) is 1.27. The summed E-state index contributed by atoms with van der Waals surface area (Å²) in [6.45, 7) is 4.23. The normalized spacial score (nSPS) is 15.8. The molecule has 6 nitrogen and oxygen atoms in total. The summed E-state index contributed by atoms with van der Waals surface area (Å²) in [4.78, 5) is 37.1. The van der Waals surface area contributed by atoms with Gasteiger partial charge in [0, 0.05) is 34.1 Å². The molecule has 188 valence electrons. The van der Waals surface area contributed by atoms with Crippen molar-refractivity contribution in [2.45, 2.75) is 19.3 Å². The van der Waals surface area contributed by atoms with Crippen LogP contribution in [-0.4, -0.2) is 21.5 Å². The number of nitrogens with zero attached hydrogens (tertiary/aromatic N) is 3. The third-order valence-corrected chi connectivity index (χ3v) is 7.44. The highest BCUT2D eigenvalue weighted by atomic mass is 16.3. The number of furan rings is 1. The van der Waals surface area contributed by atoms with Gasteiger partial charge >= 0.3 is 0 Å². The Kier molecular flexibility index (Phi) is 5.00. The molecule has 6 heteroatoms. The molecule has 0 bridgehead atoms. The van der Waals surface area contributed by atoms with E-state index in [1.807, 2.05) is 54.6 Å². The summed E-state index contributed by atoms with van der Waals surface area (Å²) in [5.41, 5.74) is 4.95. The van der Waals surface area contributed by atoms with Crippen LogP contribution < -0.4 is 4.90 Å². The zero-order chi connectivity index (χ0) is 26.7. The van der Waals surface area contributed by atoms with Crippen LogP contribution in [0.3, 0.4) is 0 Å². The van der Waals surface area contributed by atoms with Crippen LogP contribution in [-0.2, 0) is 5.41 Å². The molecule has 0 fully saturated rings. The van der Waals surface area contributed by atoms with Gasteiger partial charge in [-0.05, 0) is 74.5 Å². The quantitative estimate of drug-likeness (QED) is 0.187. The van der Waals surface area contributed by atoms with Crippen molar-refractivity contribution in [3.63, 3.8) is 0 Å². The van der Waals surface area contributed by atoms with Gasteiger partial charge in [0.2, 0.25) is 5.78 Å². The van der Waals surface area contributed by atoms with E-state index in [2.05, 4.69) is 48.0 Å². The predicted molar refractivity (Wildman–Crippen MR) is 150 cm³/mol. The van der Waals surface area contributed by atoms with Crippen molar-refractivity contribution >= 4 is 34.8 Å². The maximum atomic E-state index is 12.9. The van der Waals surface area contributed by atoms with E-state index in [0.29, 0.717) is 17.1 Å². The minimum atomic E-state index is -0.450. The highest BCUT2D eigenvalue weighted by Crippen LogP contribution is 2.50. The number of allylic oxidation sites excluding steroid dienone is 1. The second-order valence-corrected chi connectivity index (χ2v) is 10.2. The zero-order valence-electron chi connectivity index (χ0n) is 21.4. The molecule has 39 heavy (non-hydrogen) atoms. The van der Waals surface area contributed by atoms with E-state index in [1.165, 1.54) is 12.3 Å². The number of pyridine rings is 2. The number of carbonyl (C=O) groups is 2. The van der Waals surface area contributed by atoms with Gasteiger partial charge in [0.25, 0.3) is 0 Å². The number of carbonyl (C=O) groups excluding carboxylic acids is 2. The Hall–Kier alpha value is -5.10. The largest absolute Gasteiger partial charge is 0.456 e. The third-order valence-electron chi connectivity index (χ3n) is 7.44. The number of rotatable bonds is 4. The highest BCUT2D eigenvalue weighted by Gasteiger charge is 2.41. The molecule has 2 aliphatic carbocycles. The first-order chi connectivity index (χ1) is 18.9. The van der Waals surface area contributed by atoms with Crippen LogP contribution >= 0.6 is 0 Å². The van der Waals surface area contributed by atoms with E-state index in [1.54, 1.807) is 12.1 Å². The van der Waals surface area contributed by atoms with Crippen LogP contribution in [0.5, 0.6) is 0 Å². The molecule has 0 saturated heterocycles. The lowest BCUT2D eigenvalue weighted by molar-refractivity contribution is 0.0989.